The van der Waals surface area contributed by atoms with Crippen LogP contribution in [0.3, 0.4) is 0 Å². The van der Waals surface area contributed by atoms with E-state index in [1.165, 1.54) is 57.8 Å². The topological polar surface area (TPSA) is 21.3 Å². The van der Waals surface area contributed by atoms with Gasteiger partial charge in [-0.3, -0.25) is 0 Å². The van der Waals surface area contributed by atoms with Crippen molar-refractivity contribution in [1.82, 2.24) is 5.32 Å². The van der Waals surface area contributed by atoms with Gasteiger partial charge in [0.15, 0.2) is 0 Å². The van der Waals surface area contributed by atoms with Gasteiger partial charge in [-0.1, -0.05) is 33.6 Å². The zero-order valence-corrected chi connectivity index (χ0v) is 14.4. The van der Waals surface area contributed by atoms with Crippen molar-refractivity contribution < 1.29 is 4.74 Å². The molecule has 0 saturated heterocycles. The van der Waals surface area contributed by atoms with Crippen LogP contribution in [0.4, 0.5) is 0 Å². The Labute approximate surface area is 131 Å². The fraction of sp³-hybridized carbons (Fsp3) is 1.00. The Hall–Kier alpha value is -0.0800. The molecule has 3 aliphatic rings. The van der Waals surface area contributed by atoms with Crippen LogP contribution in [0.15, 0.2) is 0 Å². The predicted octanol–water partition coefficient (Wildman–Crippen LogP) is 4.53. The summed E-state index contributed by atoms with van der Waals surface area (Å²) in [5.41, 5.74) is 0.144. The first kappa shape index (κ1) is 15.8. The van der Waals surface area contributed by atoms with Crippen LogP contribution >= 0.6 is 0 Å². The smallest absolute Gasteiger partial charge is 0.0812 e. The van der Waals surface area contributed by atoms with Gasteiger partial charge in [0, 0.05) is 12.6 Å². The van der Waals surface area contributed by atoms with E-state index in [9.17, 15) is 0 Å². The van der Waals surface area contributed by atoms with Gasteiger partial charge >= 0.3 is 0 Å². The van der Waals surface area contributed by atoms with Crippen LogP contribution in [0.5, 0.6) is 0 Å². The molecule has 5 atom stereocenters. The van der Waals surface area contributed by atoms with Gasteiger partial charge in [0.05, 0.1) is 11.7 Å². The molecule has 0 spiro atoms. The second-order valence-corrected chi connectivity index (χ2v) is 8.55. The van der Waals surface area contributed by atoms with E-state index in [1.807, 2.05) is 0 Å². The number of nitrogens with one attached hydrogen (secondary N) is 1. The van der Waals surface area contributed by atoms with Crippen molar-refractivity contribution in [3.05, 3.63) is 0 Å². The fourth-order valence-electron chi connectivity index (χ4n) is 4.50. The Balaban J connectivity index is 1.60. The van der Waals surface area contributed by atoms with Gasteiger partial charge in [-0.2, -0.15) is 0 Å². The van der Waals surface area contributed by atoms with Gasteiger partial charge in [-0.15, -0.1) is 0 Å². The molecule has 3 rings (SSSR count). The summed E-state index contributed by atoms with van der Waals surface area (Å²) in [6.07, 6.45) is 12.5. The Morgan fingerprint density at radius 3 is 2.48 bits per heavy atom. The highest BCUT2D eigenvalue weighted by Crippen LogP contribution is 2.40. The second kappa shape index (κ2) is 6.58. The SMILES string of the molecule is CC1CCCC(CNC2CC2)(OC2CCC(C)C(C)C2)C1. The van der Waals surface area contributed by atoms with E-state index in [0.29, 0.717) is 6.10 Å². The molecule has 3 fully saturated rings. The standard InChI is InChI=1S/C19H35NO/c1-14-5-4-10-19(12-14,13-20-17-7-8-17)21-18-9-6-15(2)16(3)11-18/h14-18,20H,4-13H2,1-3H3. The van der Waals surface area contributed by atoms with Crippen LogP contribution in [-0.2, 0) is 4.74 Å². The summed E-state index contributed by atoms with van der Waals surface area (Å²) in [4.78, 5) is 0. The van der Waals surface area contributed by atoms with Gasteiger partial charge in [0.2, 0.25) is 0 Å². The highest BCUT2D eigenvalue weighted by Gasteiger charge is 2.40. The van der Waals surface area contributed by atoms with Gasteiger partial charge < -0.3 is 10.1 Å². The molecule has 0 aromatic carbocycles. The molecule has 0 bridgehead atoms. The highest BCUT2D eigenvalue weighted by molar-refractivity contribution is 4.94. The first-order valence-electron chi connectivity index (χ1n) is 9.47. The first-order valence-corrected chi connectivity index (χ1v) is 9.47. The third-order valence-electron chi connectivity index (χ3n) is 6.31. The molecule has 122 valence electrons. The van der Waals surface area contributed by atoms with Crippen LogP contribution in [0, 0.1) is 17.8 Å². The van der Waals surface area contributed by atoms with Crippen LogP contribution < -0.4 is 5.32 Å². The largest absolute Gasteiger partial charge is 0.370 e. The normalized spacial score (nSPS) is 44.7. The van der Waals surface area contributed by atoms with Crippen LogP contribution in [0.25, 0.3) is 0 Å². The van der Waals surface area contributed by atoms with Gasteiger partial charge in [0.1, 0.15) is 0 Å². The maximum absolute atomic E-state index is 6.82. The molecule has 0 radical (unpaired) electrons. The predicted molar refractivity (Wildman–Crippen MR) is 88.4 cm³/mol. The minimum absolute atomic E-state index is 0.144. The first-order chi connectivity index (χ1) is 10.1. The minimum Gasteiger partial charge on any atom is -0.370 e. The van der Waals surface area contributed by atoms with Crippen LogP contribution in [0.2, 0.25) is 0 Å². The van der Waals surface area contributed by atoms with Crippen molar-refractivity contribution in [3.8, 4) is 0 Å². The number of rotatable bonds is 5. The van der Waals surface area contributed by atoms with Crippen LogP contribution in [0.1, 0.15) is 78.6 Å². The average Bonchev–Trinajstić information content (AvgIpc) is 3.25. The minimum atomic E-state index is 0.144. The molecule has 0 amide bonds. The fourth-order valence-corrected chi connectivity index (χ4v) is 4.50. The van der Waals surface area contributed by atoms with E-state index in [4.69, 9.17) is 4.74 Å². The van der Waals surface area contributed by atoms with Crippen LogP contribution in [-0.4, -0.2) is 24.3 Å². The van der Waals surface area contributed by atoms with Gasteiger partial charge in [0.25, 0.3) is 0 Å². The van der Waals surface area contributed by atoms with E-state index in [1.54, 1.807) is 0 Å². The molecule has 0 heterocycles. The maximum atomic E-state index is 6.82. The molecular weight excluding hydrogens is 258 g/mol. The summed E-state index contributed by atoms with van der Waals surface area (Å²) in [6.45, 7) is 8.34. The second-order valence-electron chi connectivity index (χ2n) is 8.55. The van der Waals surface area contributed by atoms with E-state index in [2.05, 4.69) is 26.1 Å². The highest BCUT2D eigenvalue weighted by atomic mass is 16.5. The molecule has 21 heavy (non-hydrogen) atoms. The molecule has 0 aromatic rings. The maximum Gasteiger partial charge on any atom is 0.0812 e. The van der Waals surface area contributed by atoms with Gasteiger partial charge in [-0.05, 0) is 62.7 Å². The summed E-state index contributed by atoms with van der Waals surface area (Å²) in [5.74, 6) is 2.55. The van der Waals surface area contributed by atoms with Crippen molar-refractivity contribution in [2.45, 2.75) is 96.3 Å². The van der Waals surface area contributed by atoms with E-state index >= 15 is 0 Å². The van der Waals surface area contributed by atoms with E-state index in [-0.39, 0.29) is 5.60 Å². The lowest BCUT2D eigenvalue weighted by Gasteiger charge is -2.45. The molecule has 1 N–H and O–H groups in total. The molecule has 0 aliphatic heterocycles. The summed E-state index contributed by atoms with van der Waals surface area (Å²) in [6, 6.07) is 0.799. The third-order valence-corrected chi connectivity index (χ3v) is 6.31. The molecule has 3 saturated carbocycles. The zero-order chi connectivity index (χ0) is 14.9. The molecule has 5 unspecified atom stereocenters. The third kappa shape index (κ3) is 4.22. The number of ether oxygens (including phenoxy) is 1. The Morgan fingerprint density at radius 2 is 1.81 bits per heavy atom. The zero-order valence-electron chi connectivity index (χ0n) is 14.4. The van der Waals surface area contributed by atoms with E-state index < -0.39 is 0 Å². The molecule has 0 aromatic heterocycles. The molecular formula is C19H35NO. The molecule has 2 heteroatoms. The summed E-state index contributed by atoms with van der Waals surface area (Å²) in [5, 5.41) is 3.77. The summed E-state index contributed by atoms with van der Waals surface area (Å²) < 4.78 is 6.82. The summed E-state index contributed by atoms with van der Waals surface area (Å²) >= 11 is 0. The van der Waals surface area contributed by atoms with Crippen molar-refractivity contribution in [1.29, 1.82) is 0 Å². The molecule has 2 nitrogen and oxygen atoms in total. The Bertz CT molecular complexity index is 340. The number of hydrogen-bond donors (Lipinski definition) is 1. The summed E-state index contributed by atoms with van der Waals surface area (Å²) in [7, 11) is 0. The van der Waals surface area contributed by atoms with Gasteiger partial charge in [-0.25, -0.2) is 0 Å². The lowest BCUT2D eigenvalue weighted by molar-refractivity contribution is -0.138. The Morgan fingerprint density at radius 1 is 1.00 bits per heavy atom. The lowest BCUT2D eigenvalue weighted by Crippen LogP contribution is -2.49. The Kier molecular flexibility index (Phi) is 4.95. The van der Waals surface area contributed by atoms with Crippen molar-refractivity contribution in [2.75, 3.05) is 6.54 Å². The quantitative estimate of drug-likeness (QED) is 0.804. The average molecular weight is 293 g/mol. The number of hydrogen-bond acceptors (Lipinski definition) is 2. The van der Waals surface area contributed by atoms with E-state index in [0.717, 1.165) is 30.3 Å². The lowest BCUT2D eigenvalue weighted by atomic mass is 9.77. The van der Waals surface area contributed by atoms with Crippen molar-refractivity contribution in [2.24, 2.45) is 17.8 Å². The van der Waals surface area contributed by atoms with Crippen molar-refractivity contribution >= 4 is 0 Å². The van der Waals surface area contributed by atoms with Crippen molar-refractivity contribution in [3.63, 3.8) is 0 Å². The molecule has 3 aliphatic carbocycles. The monoisotopic (exact) mass is 293 g/mol.